The van der Waals surface area contributed by atoms with Gasteiger partial charge in [0.25, 0.3) is 0 Å². The van der Waals surface area contributed by atoms with E-state index < -0.39 is 5.60 Å². The summed E-state index contributed by atoms with van der Waals surface area (Å²) in [4.78, 5) is 0. The number of nitrogens with zero attached hydrogens (tertiary/aromatic N) is 4. The highest BCUT2D eigenvalue weighted by Crippen LogP contribution is 2.28. The fraction of sp³-hybridized carbons (Fsp3) is 0.357. The summed E-state index contributed by atoms with van der Waals surface area (Å²) in [6.07, 6.45) is 2.49. The van der Waals surface area contributed by atoms with E-state index in [0.29, 0.717) is 23.4 Å². The molecule has 0 amide bonds. The SMILES string of the molecule is CCCn1nncc1C(C)(O)c1ccc(C#N)cc1. The quantitative estimate of drug-likeness (QED) is 0.905. The van der Waals surface area contributed by atoms with E-state index in [1.54, 1.807) is 42.1 Å². The summed E-state index contributed by atoms with van der Waals surface area (Å²) in [5.41, 5.74) is 0.761. The van der Waals surface area contributed by atoms with Crippen LogP contribution in [0.1, 0.15) is 37.1 Å². The van der Waals surface area contributed by atoms with E-state index in [9.17, 15) is 5.11 Å². The van der Waals surface area contributed by atoms with Crippen molar-refractivity contribution in [3.8, 4) is 6.07 Å². The molecule has 5 heteroatoms. The molecule has 2 rings (SSSR count). The van der Waals surface area contributed by atoms with Crippen molar-refractivity contribution in [3.05, 3.63) is 47.3 Å². The molecule has 0 aliphatic heterocycles. The molecule has 1 heterocycles. The summed E-state index contributed by atoms with van der Waals surface area (Å²) < 4.78 is 1.71. The van der Waals surface area contributed by atoms with Crippen molar-refractivity contribution in [1.29, 1.82) is 5.26 Å². The summed E-state index contributed by atoms with van der Waals surface area (Å²) in [5.74, 6) is 0. The fourth-order valence-electron chi connectivity index (χ4n) is 2.03. The van der Waals surface area contributed by atoms with Gasteiger partial charge in [-0.25, -0.2) is 4.68 Å². The lowest BCUT2D eigenvalue weighted by Crippen LogP contribution is -2.27. The standard InChI is InChI=1S/C14H16N4O/c1-3-8-18-13(10-16-17-18)14(2,19)12-6-4-11(9-15)5-7-12/h4-7,10,19H,3,8H2,1-2H3. The van der Waals surface area contributed by atoms with Crippen LogP contribution in [0.3, 0.4) is 0 Å². The predicted molar refractivity (Wildman–Crippen MR) is 70.1 cm³/mol. The van der Waals surface area contributed by atoms with Gasteiger partial charge in [-0.1, -0.05) is 24.3 Å². The van der Waals surface area contributed by atoms with Gasteiger partial charge in [0.15, 0.2) is 0 Å². The first-order chi connectivity index (χ1) is 9.09. The highest BCUT2D eigenvalue weighted by Gasteiger charge is 2.29. The van der Waals surface area contributed by atoms with Crippen LogP contribution in [0.25, 0.3) is 0 Å². The van der Waals surface area contributed by atoms with E-state index in [4.69, 9.17) is 5.26 Å². The largest absolute Gasteiger partial charge is 0.379 e. The minimum absolute atomic E-state index is 0.569. The number of hydrogen-bond donors (Lipinski definition) is 1. The van der Waals surface area contributed by atoms with Crippen LogP contribution in [0.4, 0.5) is 0 Å². The van der Waals surface area contributed by atoms with Crippen molar-refractivity contribution in [2.45, 2.75) is 32.4 Å². The molecule has 0 bridgehead atoms. The van der Waals surface area contributed by atoms with Gasteiger partial charge in [0.2, 0.25) is 0 Å². The molecule has 1 aromatic carbocycles. The zero-order chi connectivity index (χ0) is 13.9. The van der Waals surface area contributed by atoms with Gasteiger partial charge in [0.1, 0.15) is 5.60 Å². The molecule has 0 aliphatic carbocycles. The average Bonchev–Trinajstić information content (AvgIpc) is 2.88. The summed E-state index contributed by atoms with van der Waals surface area (Å²) in [6.45, 7) is 4.46. The Bertz CT molecular complexity index is 593. The molecule has 19 heavy (non-hydrogen) atoms. The summed E-state index contributed by atoms with van der Waals surface area (Å²) in [7, 11) is 0. The lowest BCUT2D eigenvalue weighted by Gasteiger charge is -2.24. The van der Waals surface area contributed by atoms with Crippen LogP contribution in [-0.2, 0) is 12.1 Å². The Morgan fingerprint density at radius 1 is 1.37 bits per heavy atom. The lowest BCUT2D eigenvalue weighted by atomic mass is 9.92. The first-order valence-corrected chi connectivity index (χ1v) is 6.21. The maximum absolute atomic E-state index is 10.7. The van der Waals surface area contributed by atoms with E-state index in [-0.39, 0.29) is 0 Å². The van der Waals surface area contributed by atoms with Crippen molar-refractivity contribution >= 4 is 0 Å². The number of aliphatic hydroxyl groups is 1. The lowest BCUT2D eigenvalue weighted by molar-refractivity contribution is 0.0914. The van der Waals surface area contributed by atoms with E-state index in [0.717, 1.165) is 6.42 Å². The third kappa shape index (κ3) is 2.49. The van der Waals surface area contributed by atoms with Gasteiger partial charge in [0.05, 0.1) is 23.5 Å². The predicted octanol–water partition coefficient (Wildman–Crippen LogP) is 1.82. The topological polar surface area (TPSA) is 74.7 Å². The molecule has 1 unspecified atom stereocenters. The number of hydrogen-bond acceptors (Lipinski definition) is 4. The third-order valence-electron chi connectivity index (χ3n) is 3.13. The molecule has 0 aliphatic rings. The van der Waals surface area contributed by atoms with Crippen molar-refractivity contribution in [1.82, 2.24) is 15.0 Å². The van der Waals surface area contributed by atoms with Crippen molar-refractivity contribution in [2.75, 3.05) is 0 Å². The summed E-state index contributed by atoms with van der Waals surface area (Å²) >= 11 is 0. The maximum Gasteiger partial charge on any atom is 0.130 e. The van der Waals surface area contributed by atoms with E-state index >= 15 is 0 Å². The van der Waals surface area contributed by atoms with Crippen molar-refractivity contribution < 1.29 is 5.11 Å². The number of nitriles is 1. The molecule has 0 radical (unpaired) electrons. The molecule has 1 N–H and O–H groups in total. The minimum Gasteiger partial charge on any atom is -0.379 e. The van der Waals surface area contributed by atoms with Crippen LogP contribution in [-0.4, -0.2) is 20.1 Å². The Balaban J connectivity index is 2.40. The molecular weight excluding hydrogens is 240 g/mol. The van der Waals surface area contributed by atoms with Crippen molar-refractivity contribution in [2.24, 2.45) is 0 Å². The molecule has 1 atom stereocenters. The zero-order valence-electron chi connectivity index (χ0n) is 11.0. The number of aryl methyl sites for hydroxylation is 1. The second kappa shape index (κ2) is 5.21. The van der Waals surface area contributed by atoms with E-state index in [1.807, 2.05) is 6.92 Å². The molecule has 0 fully saturated rings. The Labute approximate surface area is 112 Å². The molecule has 2 aromatic rings. The van der Waals surface area contributed by atoms with E-state index in [2.05, 4.69) is 16.4 Å². The molecule has 5 nitrogen and oxygen atoms in total. The molecule has 0 saturated carbocycles. The molecule has 98 valence electrons. The van der Waals surface area contributed by atoms with Gasteiger partial charge in [-0.3, -0.25) is 0 Å². The normalized spacial score (nSPS) is 13.8. The smallest absolute Gasteiger partial charge is 0.130 e. The Kier molecular flexibility index (Phi) is 3.63. The molecular formula is C14H16N4O. The number of rotatable bonds is 4. The van der Waals surface area contributed by atoms with Crippen LogP contribution >= 0.6 is 0 Å². The summed E-state index contributed by atoms with van der Waals surface area (Å²) in [6, 6.07) is 8.95. The molecule has 0 saturated heterocycles. The highest BCUT2D eigenvalue weighted by atomic mass is 16.3. The number of benzene rings is 1. The van der Waals surface area contributed by atoms with Crippen LogP contribution in [0.5, 0.6) is 0 Å². The van der Waals surface area contributed by atoms with Crippen LogP contribution in [0.15, 0.2) is 30.5 Å². The number of aromatic nitrogens is 3. The highest BCUT2D eigenvalue weighted by molar-refractivity contribution is 5.37. The van der Waals surface area contributed by atoms with E-state index in [1.165, 1.54) is 0 Å². The maximum atomic E-state index is 10.7. The minimum atomic E-state index is -1.17. The van der Waals surface area contributed by atoms with Gasteiger partial charge in [-0.05, 0) is 31.0 Å². The molecule has 1 aromatic heterocycles. The zero-order valence-corrected chi connectivity index (χ0v) is 11.0. The van der Waals surface area contributed by atoms with Crippen LogP contribution in [0, 0.1) is 11.3 Å². The van der Waals surface area contributed by atoms with Gasteiger partial charge >= 0.3 is 0 Å². The Morgan fingerprint density at radius 2 is 2.05 bits per heavy atom. The first-order valence-electron chi connectivity index (χ1n) is 6.21. The third-order valence-corrected chi connectivity index (χ3v) is 3.13. The second-order valence-electron chi connectivity index (χ2n) is 4.60. The summed E-state index contributed by atoms with van der Waals surface area (Å²) in [5, 5.41) is 27.4. The van der Waals surface area contributed by atoms with Gasteiger partial charge < -0.3 is 5.11 Å². The van der Waals surface area contributed by atoms with Crippen LogP contribution in [0.2, 0.25) is 0 Å². The van der Waals surface area contributed by atoms with Gasteiger partial charge in [0, 0.05) is 6.54 Å². The van der Waals surface area contributed by atoms with Crippen LogP contribution < -0.4 is 0 Å². The second-order valence-corrected chi connectivity index (χ2v) is 4.60. The monoisotopic (exact) mass is 256 g/mol. The molecule has 0 spiro atoms. The van der Waals surface area contributed by atoms with Gasteiger partial charge in [-0.2, -0.15) is 5.26 Å². The first kappa shape index (κ1) is 13.2. The van der Waals surface area contributed by atoms with Crippen molar-refractivity contribution in [3.63, 3.8) is 0 Å². The average molecular weight is 256 g/mol. The fourth-order valence-corrected chi connectivity index (χ4v) is 2.03. The Hall–Kier alpha value is -2.19. The van der Waals surface area contributed by atoms with Gasteiger partial charge in [-0.15, -0.1) is 5.10 Å². The Morgan fingerprint density at radius 3 is 2.63 bits per heavy atom.